The predicted octanol–water partition coefficient (Wildman–Crippen LogP) is 3.52. The van der Waals surface area contributed by atoms with Gasteiger partial charge < -0.3 is 0 Å². The van der Waals surface area contributed by atoms with E-state index in [0.29, 0.717) is 27.7 Å². The van der Waals surface area contributed by atoms with Crippen LogP contribution in [-0.2, 0) is 0 Å². The van der Waals surface area contributed by atoms with Crippen LogP contribution in [0, 0.1) is 0 Å². The highest BCUT2D eigenvalue weighted by molar-refractivity contribution is 8.00. The maximum Gasteiger partial charge on any atom is 0.190 e. The van der Waals surface area contributed by atoms with E-state index >= 15 is 0 Å². The fraction of sp³-hybridized carbons (Fsp3) is 0.333. The SMILES string of the molecule is CCC(C)SCC1=CC(=O)c2ccccc2C1=O. The van der Waals surface area contributed by atoms with Gasteiger partial charge in [-0.25, -0.2) is 0 Å². The Balaban J connectivity index is 2.21. The third-order valence-electron chi connectivity index (χ3n) is 3.13. The van der Waals surface area contributed by atoms with Crippen molar-refractivity contribution in [2.24, 2.45) is 0 Å². The zero-order valence-electron chi connectivity index (χ0n) is 10.6. The molecule has 0 radical (unpaired) electrons. The number of allylic oxidation sites excluding steroid dienone is 1. The molecule has 0 aromatic heterocycles. The Morgan fingerprint density at radius 2 is 1.83 bits per heavy atom. The Hall–Kier alpha value is -1.35. The van der Waals surface area contributed by atoms with Crippen LogP contribution in [0.5, 0.6) is 0 Å². The van der Waals surface area contributed by atoms with Gasteiger partial charge in [-0.1, -0.05) is 38.1 Å². The summed E-state index contributed by atoms with van der Waals surface area (Å²) in [6.45, 7) is 4.25. The van der Waals surface area contributed by atoms with E-state index in [2.05, 4.69) is 13.8 Å². The lowest BCUT2D eigenvalue weighted by Crippen LogP contribution is -2.18. The maximum atomic E-state index is 12.2. The van der Waals surface area contributed by atoms with Crippen molar-refractivity contribution in [1.29, 1.82) is 0 Å². The van der Waals surface area contributed by atoms with Gasteiger partial charge in [-0.15, -0.1) is 0 Å². The first-order valence-electron chi connectivity index (χ1n) is 6.13. The number of carbonyl (C=O) groups is 2. The molecule has 18 heavy (non-hydrogen) atoms. The van der Waals surface area contributed by atoms with Crippen molar-refractivity contribution >= 4 is 23.3 Å². The average molecular weight is 260 g/mol. The molecule has 1 unspecified atom stereocenters. The van der Waals surface area contributed by atoms with Gasteiger partial charge >= 0.3 is 0 Å². The minimum Gasteiger partial charge on any atom is -0.289 e. The Kier molecular flexibility index (Phi) is 4.02. The van der Waals surface area contributed by atoms with Crippen molar-refractivity contribution in [2.45, 2.75) is 25.5 Å². The molecule has 0 amide bonds. The Morgan fingerprint density at radius 3 is 2.50 bits per heavy atom. The molecular weight excluding hydrogens is 244 g/mol. The highest BCUT2D eigenvalue weighted by Gasteiger charge is 2.24. The molecular formula is C15H16O2S. The lowest BCUT2D eigenvalue weighted by molar-refractivity contribution is 0.0985. The Labute approximate surface area is 111 Å². The molecule has 0 spiro atoms. The number of carbonyl (C=O) groups excluding carboxylic acids is 2. The summed E-state index contributed by atoms with van der Waals surface area (Å²) in [5, 5.41) is 0.506. The minimum atomic E-state index is -0.0510. The van der Waals surface area contributed by atoms with Crippen molar-refractivity contribution < 1.29 is 9.59 Å². The summed E-state index contributed by atoms with van der Waals surface area (Å²) in [6.07, 6.45) is 2.57. The summed E-state index contributed by atoms with van der Waals surface area (Å²) >= 11 is 1.72. The van der Waals surface area contributed by atoms with Gasteiger partial charge in [0.25, 0.3) is 0 Å². The number of thioether (sulfide) groups is 1. The summed E-state index contributed by atoms with van der Waals surface area (Å²) in [5.41, 5.74) is 1.70. The molecule has 1 aromatic rings. The number of rotatable bonds is 4. The molecule has 3 heteroatoms. The van der Waals surface area contributed by atoms with E-state index in [4.69, 9.17) is 0 Å². The number of hydrogen-bond acceptors (Lipinski definition) is 3. The fourth-order valence-electron chi connectivity index (χ4n) is 1.83. The summed E-state index contributed by atoms with van der Waals surface area (Å²) in [5.74, 6) is 0.569. The molecule has 0 fully saturated rings. The van der Waals surface area contributed by atoms with E-state index in [-0.39, 0.29) is 11.6 Å². The predicted molar refractivity (Wildman–Crippen MR) is 75.4 cm³/mol. The van der Waals surface area contributed by atoms with Crippen LogP contribution in [0.1, 0.15) is 41.0 Å². The summed E-state index contributed by atoms with van der Waals surface area (Å²) in [4.78, 5) is 24.1. The quantitative estimate of drug-likeness (QED) is 0.830. The topological polar surface area (TPSA) is 34.1 Å². The molecule has 0 saturated carbocycles. The third kappa shape index (κ3) is 2.56. The molecule has 1 aliphatic carbocycles. The van der Waals surface area contributed by atoms with Crippen molar-refractivity contribution in [3.63, 3.8) is 0 Å². The second-order valence-electron chi connectivity index (χ2n) is 4.44. The van der Waals surface area contributed by atoms with Crippen molar-refractivity contribution in [3.8, 4) is 0 Å². The summed E-state index contributed by atoms with van der Waals surface area (Å²) in [7, 11) is 0. The summed E-state index contributed by atoms with van der Waals surface area (Å²) in [6, 6.07) is 7.03. The zero-order valence-corrected chi connectivity index (χ0v) is 11.4. The molecule has 0 N–H and O–H groups in total. The molecule has 1 aromatic carbocycles. The molecule has 0 heterocycles. The highest BCUT2D eigenvalue weighted by Crippen LogP contribution is 2.25. The molecule has 1 aliphatic rings. The van der Waals surface area contributed by atoms with Crippen LogP contribution in [0.25, 0.3) is 0 Å². The minimum absolute atomic E-state index is 0.000929. The Bertz CT molecular complexity index is 517. The molecule has 2 nitrogen and oxygen atoms in total. The smallest absolute Gasteiger partial charge is 0.190 e. The normalized spacial score (nSPS) is 16.2. The van der Waals surface area contributed by atoms with Gasteiger partial charge in [0, 0.05) is 27.7 Å². The zero-order chi connectivity index (χ0) is 13.1. The summed E-state index contributed by atoms with van der Waals surface area (Å²) < 4.78 is 0. The van der Waals surface area contributed by atoms with E-state index in [9.17, 15) is 9.59 Å². The first kappa shape index (κ1) is 13.1. The number of ketones is 2. The number of fused-ring (bicyclic) bond motifs is 1. The molecule has 1 atom stereocenters. The number of hydrogen-bond donors (Lipinski definition) is 0. The first-order valence-corrected chi connectivity index (χ1v) is 7.18. The number of benzene rings is 1. The van der Waals surface area contributed by atoms with Crippen molar-refractivity contribution in [3.05, 3.63) is 47.0 Å². The van der Waals surface area contributed by atoms with E-state index in [1.54, 1.807) is 36.0 Å². The van der Waals surface area contributed by atoms with Crippen LogP contribution >= 0.6 is 11.8 Å². The molecule has 2 rings (SSSR count). The van der Waals surface area contributed by atoms with E-state index in [1.807, 2.05) is 0 Å². The van der Waals surface area contributed by atoms with Crippen LogP contribution in [0.4, 0.5) is 0 Å². The molecule has 0 aliphatic heterocycles. The average Bonchev–Trinajstić information content (AvgIpc) is 2.41. The molecule has 94 valence electrons. The van der Waals surface area contributed by atoms with Crippen LogP contribution in [-0.4, -0.2) is 22.6 Å². The lowest BCUT2D eigenvalue weighted by Gasteiger charge is -2.16. The van der Waals surface area contributed by atoms with Crippen LogP contribution in [0.3, 0.4) is 0 Å². The van der Waals surface area contributed by atoms with Crippen LogP contribution in [0.15, 0.2) is 35.9 Å². The molecule has 0 bridgehead atoms. The van der Waals surface area contributed by atoms with Gasteiger partial charge in [-0.05, 0) is 12.5 Å². The van der Waals surface area contributed by atoms with Gasteiger partial charge in [0.05, 0.1) is 0 Å². The van der Waals surface area contributed by atoms with Gasteiger partial charge in [0.1, 0.15) is 0 Å². The van der Waals surface area contributed by atoms with Gasteiger partial charge in [0.2, 0.25) is 0 Å². The monoisotopic (exact) mass is 260 g/mol. The second kappa shape index (κ2) is 5.53. The van der Waals surface area contributed by atoms with Gasteiger partial charge in [-0.2, -0.15) is 11.8 Å². The maximum absolute atomic E-state index is 12.2. The fourth-order valence-corrected chi connectivity index (χ4v) is 2.74. The van der Waals surface area contributed by atoms with Crippen molar-refractivity contribution in [2.75, 3.05) is 5.75 Å². The van der Waals surface area contributed by atoms with Crippen LogP contribution in [0.2, 0.25) is 0 Å². The van der Waals surface area contributed by atoms with Gasteiger partial charge in [0.15, 0.2) is 11.6 Å². The number of Topliss-reactive ketones (excluding diaryl/α,β-unsaturated/α-hetero) is 1. The van der Waals surface area contributed by atoms with Crippen molar-refractivity contribution in [1.82, 2.24) is 0 Å². The highest BCUT2D eigenvalue weighted by atomic mass is 32.2. The first-order chi connectivity index (χ1) is 8.63. The standard InChI is InChI=1S/C15H16O2S/c1-3-10(2)18-9-11-8-14(16)12-6-4-5-7-13(12)15(11)17/h4-8,10H,3,9H2,1-2H3. The second-order valence-corrected chi connectivity index (χ2v) is 5.87. The Morgan fingerprint density at radius 1 is 1.17 bits per heavy atom. The lowest BCUT2D eigenvalue weighted by atomic mass is 9.90. The largest absolute Gasteiger partial charge is 0.289 e. The van der Waals surface area contributed by atoms with E-state index < -0.39 is 0 Å². The van der Waals surface area contributed by atoms with E-state index in [0.717, 1.165) is 6.42 Å². The molecule has 0 saturated heterocycles. The van der Waals surface area contributed by atoms with Gasteiger partial charge in [-0.3, -0.25) is 9.59 Å². The van der Waals surface area contributed by atoms with E-state index in [1.165, 1.54) is 6.08 Å². The van der Waals surface area contributed by atoms with Crippen LogP contribution < -0.4 is 0 Å². The third-order valence-corrected chi connectivity index (χ3v) is 4.51.